The van der Waals surface area contributed by atoms with Crippen molar-refractivity contribution in [3.8, 4) is 5.88 Å². The van der Waals surface area contributed by atoms with Crippen molar-refractivity contribution in [3.05, 3.63) is 46.6 Å². The fourth-order valence-corrected chi connectivity index (χ4v) is 4.38. The minimum Gasteiger partial charge on any atom is -0.443 e. The van der Waals surface area contributed by atoms with E-state index in [1.165, 1.54) is 5.56 Å². The second-order valence-electron chi connectivity index (χ2n) is 8.94. The predicted molar refractivity (Wildman–Crippen MR) is 119 cm³/mol. The van der Waals surface area contributed by atoms with Crippen molar-refractivity contribution in [2.75, 3.05) is 19.8 Å². The third-order valence-corrected chi connectivity index (χ3v) is 6.64. The van der Waals surface area contributed by atoms with Crippen molar-refractivity contribution in [1.82, 2.24) is 9.78 Å². The number of benzene rings is 1. The van der Waals surface area contributed by atoms with Crippen molar-refractivity contribution >= 4 is 0 Å². The van der Waals surface area contributed by atoms with Gasteiger partial charge >= 0.3 is 0 Å². The SMILES string of the molecule is CCc1ccc(Cc2c(O[C@@H]3O[C@H](CO)[C@@H](O)[C@H](O)[C@H]3O)nn(CC3CCOC3)c2C)cc1. The van der Waals surface area contributed by atoms with Gasteiger partial charge in [-0.15, -0.1) is 5.10 Å². The van der Waals surface area contributed by atoms with Gasteiger partial charge in [0.05, 0.1) is 13.2 Å². The third kappa shape index (κ3) is 5.24. The highest BCUT2D eigenvalue weighted by molar-refractivity contribution is 5.37. The molecule has 2 aromatic rings. The molecule has 2 aliphatic heterocycles. The van der Waals surface area contributed by atoms with Crippen LogP contribution < -0.4 is 4.74 Å². The standard InChI is InChI=1S/C24H34N2O7/c1-3-15-4-6-16(7-5-15)10-18-14(2)26(11-17-8-9-31-13-17)25-23(18)33-24-22(30)21(29)20(28)19(12-27)32-24/h4-7,17,19-22,24,27-30H,3,8-13H2,1-2H3/t17?,19-,20-,21+,22-,24+/m1/s1. The van der Waals surface area contributed by atoms with Crippen molar-refractivity contribution < 1.29 is 34.6 Å². The maximum atomic E-state index is 10.4. The van der Waals surface area contributed by atoms with Crippen LogP contribution in [0.4, 0.5) is 0 Å². The normalized spacial score (nSPS) is 30.0. The number of aryl methyl sites for hydroxylation is 1. The summed E-state index contributed by atoms with van der Waals surface area (Å²) in [6, 6.07) is 8.36. The molecule has 2 aliphatic rings. The molecule has 2 fully saturated rings. The fourth-order valence-electron chi connectivity index (χ4n) is 4.38. The molecule has 1 aromatic heterocycles. The predicted octanol–water partition coefficient (Wildman–Crippen LogP) is 0.560. The smallest absolute Gasteiger partial charge is 0.239 e. The van der Waals surface area contributed by atoms with E-state index in [2.05, 4.69) is 36.3 Å². The van der Waals surface area contributed by atoms with E-state index in [9.17, 15) is 20.4 Å². The molecule has 3 heterocycles. The summed E-state index contributed by atoms with van der Waals surface area (Å²) in [5.41, 5.74) is 4.15. The summed E-state index contributed by atoms with van der Waals surface area (Å²) in [6.45, 7) is 5.70. The Labute approximate surface area is 193 Å². The van der Waals surface area contributed by atoms with Gasteiger partial charge in [-0.25, -0.2) is 0 Å². The van der Waals surface area contributed by atoms with E-state index >= 15 is 0 Å². The van der Waals surface area contributed by atoms with Gasteiger partial charge in [0.25, 0.3) is 0 Å². The number of hydrogen-bond acceptors (Lipinski definition) is 8. The lowest BCUT2D eigenvalue weighted by molar-refractivity contribution is -0.278. The number of ether oxygens (including phenoxy) is 3. The van der Waals surface area contributed by atoms with Crippen molar-refractivity contribution in [1.29, 1.82) is 0 Å². The quantitative estimate of drug-likeness (QED) is 0.448. The molecule has 33 heavy (non-hydrogen) atoms. The van der Waals surface area contributed by atoms with Crippen LogP contribution in [0.25, 0.3) is 0 Å². The van der Waals surface area contributed by atoms with Crippen LogP contribution in [0.1, 0.15) is 35.7 Å². The summed E-state index contributed by atoms with van der Waals surface area (Å²) in [4.78, 5) is 0. The van der Waals surface area contributed by atoms with Gasteiger partial charge in [-0.2, -0.15) is 0 Å². The Kier molecular flexibility index (Phi) is 7.68. The molecule has 182 valence electrons. The van der Waals surface area contributed by atoms with E-state index in [0.29, 0.717) is 31.4 Å². The van der Waals surface area contributed by atoms with E-state index in [-0.39, 0.29) is 0 Å². The van der Waals surface area contributed by atoms with Crippen LogP contribution in [0.2, 0.25) is 0 Å². The third-order valence-electron chi connectivity index (χ3n) is 6.64. The van der Waals surface area contributed by atoms with Crippen molar-refractivity contribution in [3.63, 3.8) is 0 Å². The first-order valence-electron chi connectivity index (χ1n) is 11.6. The number of aromatic nitrogens is 2. The van der Waals surface area contributed by atoms with Crippen LogP contribution in [0.5, 0.6) is 5.88 Å². The molecule has 2 saturated heterocycles. The Balaban J connectivity index is 1.61. The van der Waals surface area contributed by atoms with Gasteiger partial charge in [0.15, 0.2) is 0 Å². The fraction of sp³-hybridized carbons (Fsp3) is 0.625. The summed E-state index contributed by atoms with van der Waals surface area (Å²) >= 11 is 0. The molecule has 0 saturated carbocycles. The van der Waals surface area contributed by atoms with Gasteiger partial charge in [-0.05, 0) is 30.9 Å². The van der Waals surface area contributed by atoms with Crippen LogP contribution >= 0.6 is 0 Å². The highest BCUT2D eigenvalue weighted by atomic mass is 16.7. The summed E-state index contributed by atoms with van der Waals surface area (Å²) in [7, 11) is 0. The minimum atomic E-state index is -1.51. The lowest BCUT2D eigenvalue weighted by atomic mass is 9.99. The van der Waals surface area contributed by atoms with Crippen LogP contribution in [0.3, 0.4) is 0 Å². The summed E-state index contributed by atoms with van der Waals surface area (Å²) < 4.78 is 18.9. The number of aliphatic hydroxyl groups excluding tert-OH is 4. The first-order valence-corrected chi connectivity index (χ1v) is 11.6. The Hall–Kier alpha value is -2.01. The number of aliphatic hydroxyl groups is 4. The van der Waals surface area contributed by atoms with Gasteiger partial charge in [-0.1, -0.05) is 31.2 Å². The molecule has 0 radical (unpaired) electrons. The van der Waals surface area contributed by atoms with Crippen molar-refractivity contribution in [2.24, 2.45) is 5.92 Å². The summed E-state index contributed by atoms with van der Waals surface area (Å²) in [5, 5.41) is 44.8. The first kappa shape index (κ1) is 24.1. The average molecular weight is 463 g/mol. The van der Waals surface area contributed by atoms with Crippen LogP contribution in [-0.4, -0.2) is 80.7 Å². The molecule has 1 aromatic carbocycles. The Morgan fingerprint density at radius 2 is 1.82 bits per heavy atom. The van der Waals surface area contributed by atoms with Crippen LogP contribution in [0.15, 0.2) is 24.3 Å². The molecule has 1 unspecified atom stereocenters. The number of nitrogens with zero attached hydrogens (tertiary/aromatic N) is 2. The molecule has 0 bridgehead atoms. The Bertz CT molecular complexity index is 908. The zero-order chi connectivity index (χ0) is 23.5. The number of rotatable bonds is 8. The van der Waals surface area contributed by atoms with Gasteiger partial charge in [0, 0.05) is 36.7 Å². The second kappa shape index (κ2) is 10.5. The molecular formula is C24H34N2O7. The summed E-state index contributed by atoms with van der Waals surface area (Å²) in [6.07, 6.45) is -4.26. The van der Waals surface area contributed by atoms with Gasteiger partial charge in [-0.3, -0.25) is 4.68 Å². The first-order chi connectivity index (χ1) is 15.9. The Morgan fingerprint density at radius 1 is 1.09 bits per heavy atom. The molecular weight excluding hydrogens is 428 g/mol. The van der Waals surface area contributed by atoms with E-state index < -0.39 is 37.3 Å². The second-order valence-corrected chi connectivity index (χ2v) is 8.94. The maximum absolute atomic E-state index is 10.4. The zero-order valence-electron chi connectivity index (χ0n) is 19.1. The molecule has 6 atom stereocenters. The zero-order valence-corrected chi connectivity index (χ0v) is 19.1. The Morgan fingerprint density at radius 3 is 2.45 bits per heavy atom. The molecule has 9 heteroatoms. The van der Waals surface area contributed by atoms with E-state index in [1.807, 2.05) is 11.6 Å². The summed E-state index contributed by atoms with van der Waals surface area (Å²) in [5.74, 6) is 0.663. The highest BCUT2D eigenvalue weighted by Gasteiger charge is 2.45. The molecule has 9 nitrogen and oxygen atoms in total. The van der Waals surface area contributed by atoms with Crippen molar-refractivity contribution in [2.45, 2.75) is 70.4 Å². The van der Waals surface area contributed by atoms with E-state index in [1.54, 1.807) is 0 Å². The van der Waals surface area contributed by atoms with Crippen LogP contribution in [-0.2, 0) is 28.9 Å². The average Bonchev–Trinajstić information content (AvgIpc) is 3.44. The maximum Gasteiger partial charge on any atom is 0.239 e. The van der Waals surface area contributed by atoms with Gasteiger partial charge in [0.1, 0.15) is 24.4 Å². The van der Waals surface area contributed by atoms with E-state index in [0.717, 1.165) is 36.3 Å². The molecule has 4 rings (SSSR count). The number of hydrogen-bond donors (Lipinski definition) is 4. The molecule has 0 spiro atoms. The lowest BCUT2D eigenvalue weighted by Gasteiger charge is -2.39. The molecule has 0 aliphatic carbocycles. The van der Waals surface area contributed by atoms with Crippen LogP contribution in [0, 0.1) is 12.8 Å². The topological polar surface area (TPSA) is 126 Å². The van der Waals surface area contributed by atoms with Gasteiger partial charge < -0.3 is 34.6 Å². The molecule has 0 amide bonds. The minimum absolute atomic E-state index is 0.301. The largest absolute Gasteiger partial charge is 0.443 e. The molecule has 4 N–H and O–H groups in total. The van der Waals surface area contributed by atoms with Gasteiger partial charge in [0.2, 0.25) is 12.2 Å². The highest BCUT2D eigenvalue weighted by Crippen LogP contribution is 2.30. The monoisotopic (exact) mass is 462 g/mol. The lowest BCUT2D eigenvalue weighted by Crippen LogP contribution is -2.60. The van der Waals surface area contributed by atoms with E-state index in [4.69, 9.17) is 14.2 Å².